The van der Waals surface area contributed by atoms with E-state index in [-0.39, 0.29) is 0 Å². The summed E-state index contributed by atoms with van der Waals surface area (Å²) in [6.07, 6.45) is 1.16. The molecule has 0 spiro atoms. The monoisotopic (exact) mass is 336 g/mol. The second-order valence-corrected chi connectivity index (χ2v) is 7.53. The van der Waals surface area contributed by atoms with Crippen molar-refractivity contribution in [3.05, 3.63) is 42.5 Å². The smallest absolute Gasteiger partial charge is 0.0492 e. The summed E-state index contributed by atoms with van der Waals surface area (Å²) in [4.78, 5) is 2.59. The zero-order valence-electron chi connectivity index (χ0n) is 15.2. The standard InChI is InChI=1S/C21H28N4/c1-15-13-24(14-16(2)23-15)10-5-11-25-20-7-4-3-6-18(20)19-12-17(22)8-9-21(19)25/h3-4,6-9,12,15-16,23H,5,10-11,13-14,22H2,1-2H3/t15-,16+. The lowest BCUT2D eigenvalue weighted by molar-refractivity contribution is 0.170. The minimum absolute atomic E-state index is 0.583. The van der Waals surface area contributed by atoms with Crippen LogP contribution in [-0.2, 0) is 6.54 Å². The summed E-state index contributed by atoms with van der Waals surface area (Å²) < 4.78 is 2.46. The Labute approximate surface area is 149 Å². The van der Waals surface area contributed by atoms with E-state index in [0.29, 0.717) is 12.1 Å². The molecule has 3 N–H and O–H groups in total. The molecule has 0 bridgehead atoms. The maximum atomic E-state index is 6.03. The number of benzene rings is 2. The average molecular weight is 336 g/mol. The summed E-state index contributed by atoms with van der Waals surface area (Å²) >= 11 is 0. The van der Waals surface area contributed by atoms with Crippen molar-refractivity contribution in [1.82, 2.24) is 14.8 Å². The second-order valence-electron chi connectivity index (χ2n) is 7.53. The van der Waals surface area contributed by atoms with Gasteiger partial charge in [-0.15, -0.1) is 0 Å². The van der Waals surface area contributed by atoms with Gasteiger partial charge in [0.05, 0.1) is 0 Å². The molecule has 2 aromatic carbocycles. The number of para-hydroxylation sites is 1. The van der Waals surface area contributed by atoms with Gasteiger partial charge >= 0.3 is 0 Å². The molecule has 2 heterocycles. The Hall–Kier alpha value is -2.04. The fourth-order valence-electron chi connectivity index (χ4n) is 4.39. The first-order valence-corrected chi connectivity index (χ1v) is 9.36. The van der Waals surface area contributed by atoms with Gasteiger partial charge in [0.15, 0.2) is 0 Å². The lowest BCUT2D eigenvalue weighted by Crippen LogP contribution is -2.54. The lowest BCUT2D eigenvalue weighted by atomic mass is 10.1. The number of anilines is 1. The van der Waals surface area contributed by atoms with E-state index in [0.717, 1.165) is 38.3 Å². The number of aromatic nitrogens is 1. The first-order valence-electron chi connectivity index (χ1n) is 9.36. The fraction of sp³-hybridized carbons (Fsp3) is 0.429. The fourth-order valence-corrected chi connectivity index (χ4v) is 4.39. The molecular weight excluding hydrogens is 308 g/mol. The van der Waals surface area contributed by atoms with Gasteiger partial charge in [0.2, 0.25) is 0 Å². The Morgan fingerprint density at radius 2 is 1.68 bits per heavy atom. The van der Waals surface area contributed by atoms with Crippen molar-refractivity contribution < 1.29 is 0 Å². The zero-order valence-corrected chi connectivity index (χ0v) is 15.2. The first-order chi connectivity index (χ1) is 12.1. The Morgan fingerprint density at radius 3 is 2.48 bits per heavy atom. The van der Waals surface area contributed by atoms with Crippen LogP contribution < -0.4 is 11.1 Å². The summed E-state index contributed by atoms with van der Waals surface area (Å²) in [5, 5.41) is 6.17. The highest BCUT2D eigenvalue weighted by molar-refractivity contribution is 6.08. The van der Waals surface area contributed by atoms with Gasteiger partial charge in [-0.1, -0.05) is 18.2 Å². The Balaban J connectivity index is 1.56. The molecule has 2 atom stereocenters. The Kier molecular flexibility index (Phi) is 4.40. The highest BCUT2D eigenvalue weighted by atomic mass is 15.2. The molecule has 1 aliphatic heterocycles. The van der Waals surface area contributed by atoms with Crippen LogP contribution >= 0.6 is 0 Å². The normalized spacial score (nSPS) is 22.0. The SMILES string of the molecule is C[C@@H]1CN(CCCn2c3ccccc3c3cc(N)ccc32)C[C@H](C)N1. The molecule has 132 valence electrons. The molecule has 4 nitrogen and oxygen atoms in total. The van der Waals surface area contributed by atoms with Crippen molar-refractivity contribution in [3.63, 3.8) is 0 Å². The summed E-state index contributed by atoms with van der Waals surface area (Å²) in [6.45, 7) is 9.04. The van der Waals surface area contributed by atoms with E-state index in [4.69, 9.17) is 5.73 Å². The molecule has 4 heteroatoms. The second kappa shape index (κ2) is 6.70. The minimum atomic E-state index is 0.583. The predicted molar refractivity (Wildman–Crippen MR) is 107 cm³/mol. The molecular formula is C21H28N4. The maximum absolute atomic E-state index is 6.03. The molecule has 1 aromatic heterocycles. The molecule has 0 aliphatic carbocycles. The van der Waals surface area contributed by atoms with E-state index < -0.39 is 0 Å². The van der Waals surface area contributed by atoms with E-state index in [9.17, 15) is 0 Å². The zero-order chi connectivity index (χ0) is 17.4. The lowest BCUT2D eigenvalue weighted by Gasteiger charge is -2.36. The maximum Gasteiger partial charge on any atom is 0.0492 e. The van der Waals surface area contributed by atoms with Gasteiger partial charge in [-0.05, 0) is 51.1 Å². The summed E-state index contributed by atoms with van der Waals surface area (Å²) in [5.41, 5.74) is 9.46. The van der Waals surface area contributed by atoms with Crippen molar-refractivity contribution >= 4 is 27.5 Å². The number of hydrogen-bond donors (Lipinski definition) is 2. The molecule has 0 radical (unpaired) electrons. The average Bonchev–Trinajstić information content (AvgIpc) is 2.88. The van der Waals surface area contributed by atoms with Crippen molar-refractivity contribution in [2.75, 3.05) is 25.4 Å². The molecule has 0 saturated carbocycles. The van der Waals surface area contributed by atoms with E-state index in [1.165, 1.54) is 21.8 Å². The Bertz CT molecular complexity index is 872. The van der Waals surface area contributed by atoms with Crippen molar-refractivity contribution in [2.45, 2.75) is 38.9 Å². The van der Waals surface area contributed by atoms with Crippen LogP contribution in [-0.4, -0.2) is 41.2 Å². The van der Waals surface area contributed by atoms with Crippen LogP contribution in [0.25, 0.3) is 21.8 Å². The number of nitrogen functional groups attached to an aromatic ring is 1. The van der Waals surface area contributed by atoms with Crippen LogP contribution in [0.4, 0.5) is 5.69 Å². The predicted octanol–water partition coefficient (Wildman–Crippen LogP) is 3.45. The van der Waals surface area contributed by atoms with Gasteiger partial charge in [-0.3, -0.25) is 0 Å². The van der Waals surface area contributed by atoms with Gasteiger partial charge < -0.3 is 20.5 Å². The number of nitrogens with zero attached hydrogens (tertiary/aromatic N) is 2. The van der Waals surface area contributed by atoms with Crippen molar-refractivity contribution in [1.29, 1.82) is 0 Å². The van der Waals surface area contributed by atoms with Gasteiger partial charge in [0, 0.05) is 59.2 Å². The summed E-state index contributed by atoms with van der Waals surface area (Å²) in [7, 11) is 0. The number of fused-ring (bicyclic) bond motifs is 3. The first kappa shape index (κ1) is 16.4. The van der Waals surface area contributed by atoms with Gasteiger partial charge in [0.25, 0.3) is 0 Å². The van der Waals surface area contributed by atoms with Gasteiger partial charge in [0.1, 0.15) is 0 Å². The van der Waals surface area contributed by atoms with Crippen LogP contribution in [0.3, 0.4) is 0 Å². The molecule has 3 aromatic rings. The molecule has 1 aliphatic rings. The van der Waals surface area contributed by atoms with Crippen molar-refractivity contribution in [2.24, 2.45) is 0 Å². The van der Waals surface area contributed by atoms with Crippen LogP contribution in [0, 0.1) is 0 Å². The molecule has 25 heavy (non-hydrogen) atoms. The topological polar surface area (TPSA) is 46.2 Å². The van der Waals surface area contributed by atoms with Crippen LogP contribution in [0.15, 0.2) is 42.5 Å². The van der Waals surface area contributed by atoms with E-state index >= 15 is 0 Å². The third kappa shape index (κ3) is 3.24. The number of piperazine rings is 1. The van der Waals surface area contributed by atoms with Gasteiger partial charge in [-0.25, -0.2) is 0 Å². The van der Waals surface area contributed by atoms with E-state index in [2.05, 4.69) is 65.0 Å². The molecule has 1 saturated heterocycles. The summed E-state index contributed by atoms with van der Waals surface area (Å²) in [6, 6.07) is 16.1. The number of hydrogen-bond acceptors (Lipinski definition) is 3. The van der Waals surface area contributed by atoms with E-state index in [1.54, 1.807) is 0 Å². The number of nitrogens with two attached hydrogens (primary N) is 1. The van der Waals surface area contributed by atoms with Crippen LogP contribution in [0.1, 0.15) is 20.3 Å². The van der Waals surface area contributed by atoms with Crippen molar-refractivity contribution in [3.8, 4) is 0 Å². The molecule has 4 rings (SSSR count). The van der Waals surface area contributed by atoms with E-state index in [1.807, 2.05) is 6.07 Å². The van der Waals surface area contributed by atoms with Crippen LogP contribution in [0.2, 0.25) is 0 Å². The third-order valence-electron chi connectivity index (χ3n) is 5.29. The molecule has 1 fully saturated rings. The Morgan fingerprint density at radius 1 is 0.960 bits per heavy atom. The highest BCUT2D eigenvalue weighted by Crippen LogP contribution is 2.30. The molecule has 0 amide bonds. The molecule has 0 unspecified atom stereocenters. The quantitative estimate of drug-likeness (QED) is 0.717. The number of aryl methyl sites for hydroxylation is 1. The largest absolute Gasteiger partial charge is 0.399 e. The summed E-state index contributed by atoms with van der Waals surface area (Å²) in [5.74, 6) is 0. The number of rotatable bonds is 4. The number of nitrogens with one attached hydrogen (secondary N) is 1. The minimum Gasteiger partial charge on any atom is -0.399 e. The van der Waals surface area contributed by atoms with Crippen LogP contribution in [0.5, 0.6) is 0 Å². The third-order valence-corrected chi connectivity index (χ3v) is 5.29. The van der Waals surface area contributed by atoms with Gasteiger partial charge in [-0.2, -0.15) is 0 Å². The highest BCUT2D eigenvalue weighted by Gasteiger charge is 2.20.